The largest absolute Gasteiger partial charge is 0.0989 e. The second-order valence-corrected chi connectivity index (χ2v) is 8.66. The van der Waals surface area contributed by atoms with E-state index in [0.29, 0.717) is 5.92 Å². The number of benzene rings is 1. The minimum Gasteiger partial charge on any atom is -0.0989 e. The molecule has 1 unspecified atom stereocenters. The van der Waals surface area contributed by atoms with Crippen LogP contribution in [0, 0.1) is 5.92 Å². The standard InChI is InChI=1S/C25H34S.2C2H6/c1-10-23(11-2)26-24-14-12-21(13-15-24)25(9,20(7)8)22(16-18(3)4)17-19(5)6;2*1-2/h10-18H,1,7H2,2-6,8-9H3;2*1-2H3/b22-16+,23-11+;;. The highest BCUT2D eigenvalue weighted by Gasteiger charge is 2.31. The van der Waals surface area contributed by atoms with Crippen LogP contribution in [0.2, 0.25) is 0 Å². The maximum atomic E-state index is 4.34. The fraction of sp³-hybridized carbons (Fsp3) is 0.448. The van der Waals surface area contributed by atoms with E-state index in [2.05, 4.69) is 97.2 Å². The first kappa shape index (κ1) is 30.5. The number of rotatable bonds is 8. The number of hydrogen-bond acceptors (Lipinski definition) is 1. The summed E-state index contributed by atoms with van der Waals surface area (Å²) < 4.78 is 0. The summed E-state index contributed by atoms with van der Waals surface area (Å²) in [6.45, 7) is 31.4. The Morgan fingerprint density at radius 3 is 1.83 bits per heavy atom. The monoisotopic (exact) mass is 426 g/mol. The molecule has 0 amide bonds. The van der Waals surface area contributed by atoms with Crippen LogP contribution in [0.3, 0.4) is 0 Å². The molecule has 0 aliphatic carbocycles. The molecule has 0 fully saturated rings. The molecule has 0 saturated heterocycles. The molecular weight excluding hydrogens is 380 g/mol. The zero-order valence-corrected chi connectivity index (χ0v) is 22.3. The van der Waals surface area contributed by atoms with Crippen molar-refractivity contribution in [1.82, 2.24) is 0 Å². The van der Waals surface area contributed by atoms with Crippen LogP contribution >= 0.6 is 11.8 Å². The normalized spacial score (nSPS) is 13.2. The van der Waals surface area contributed by atoms with Gasteiger partial charge in [0, 0.05) is 15.2 Å². The third-order valence-electron chi connectivity index (χ3n) is 4.54. The molecule has 1 aromatic carbocycles. The van der Waals surface area contributed by atoms with E-state index < -0.39 is 0 Å². The molecular formula is C29H46S. The summed E-state index contributed by atoms with van der Waals surface area (Å²) in [5.74, 6) is 0.485. The van der Waals surface area contributed by atoms with Crippen molar-refractivity contribution >= 4 is 11.8 Å². The quantitative estimate of drug-likeness (QED) is 0.226. The first-order valence-corrected chi connectivity index (χ1v) is 12.1. The van der Waals surface area contributed by atoms with E-state index in [1.807, 2.05) is 40.7 Å². The minimum absolute atomic E-state index is 0.202. The molecule has 0 bridgehead atoms. The summed E-state index contributed by atoms with van der Waals surface area (Å²) in [6.07, 6.45) is 8.64. The van der Waals surface area contributed by atoms with Gasteiger partial charge in [-0.2, -0.15) is 0 Å². The van der Waals surface area contributed by atoms with Gasteiger partial charge in [-0.1, -0.05) is 114 Å². The van der Waals surface area contributed by atoms with Crippen LogP contribution in [0.15, 0.2) is 88.2 Å². The molecule has 0 N–H and O–H groups in total. The molecule has 1 atom stereocenters. The molecule has 168 valence electrons. The summed E-state index contributed by atoms with van der Waals surface area (Å²) in [6, 6.07) is 8.87. The van der Waals surface area contributed by atoms with Crippen molar-refractivity contribution in [3.63, 3.8) is 0 Å². The SMILES string of the molecule is C=C/C(=C\C)Sc1ccc(C(C)(C(=C)C)/C(C=C(C)C)=C/C(C)C)cc1.CC.CC. The Labute approximate surface area is 193 Å². The van der Waals surface area contributed by atoms with E-state index in [0.717, 1.165) is 5.57 Å². The molecule has 1 rings (SSSR count). The van der Waals surface area contributed by atoms with E-state index in [-0.39, 0.29) is 5.41 Å². The van der Waals surface area contributed by atoms with E-state index in [4.69, 9.17) is 0 Å². The molecule has 0 nitrogen and oxygen atoms in total. The van der Waals surface area contributed by atoms with Crippen LogP contribution < -0.4 is 0 Å². The van der Waals surface area contributed by atoms with E-state index >= 15 is 0 Å². The van der Waals surface area contributed by atoms with Crippen LogP contribution in [-0.2, 0) is 5.41 Å². The Morgan fingerprint density at radius 2 is 1.50 bits per heavy atom. The van der Waals surface area contributed by atoms with Gasteiger partial charge in [-0.3, -0.25) is 0 Å². The summed E-state index contributed by atoms with van der Waals surface area (Å²) in [5, 5.41) is 0. The maximum Gasteiger partial charge on any atom is 0.0374 e. The van der Waals surface area contributed by atoms with Crippen LogP contribution in [0.4, 0.5) is 0 Å². The van der Waals surface area contributed by atoms with Crippen LogP contribution in [0.5, 0.6) is 0 Å². The lowest BCUT2D eigenvalue weighted by Crippen LogP contribution is -2.26. The Kier molecular flexibility index (Phi) is 16.3. The third kappa shape index (κ3) is 9.39. The highest BCUT2D eigenvalue weighted by atomic mass is 32.2. The topological polar surface area (TPSA) is 0 Å². The Morgan fingerprint density at radius 1 is 1.00 bits per heavy atom. The molecule has 30 heavy (non-hydrogen) atoms. The molecule has 0 aromatic heterocycles. The molecule has 0 aliphatic rings. The van der Waals surface area contributed by atoms with E-state index in [1.54, 1.807) is 11.8 Å². The number of allylic oxidation sites excluding steroid dienone is 7. The first-order chi connectivity index (χ1) is 14.1. The molecule has 1 heteroatoms. The average molecular weight is 427 g/mol. The minimum atomic E-state index is -0.202. The van der Waals surface area contributed by atoms with Crippen molar-refractivity contribution in [3.8, 4) is 0 Å². The first-order valence-electron chi connectivity index (χ1n) is 11.3. The molecule has 1 aromatic rings. The average Bonchev–Trinajstić information content (AvgIpc) is 2.73. The van der Waals surface area contributed by atoms with Gasteiger partial charge in [0.15, 0.2) is 0 Å². The second kappa shape index (κ2) is 16.0. The second-order valence-electron chi connectivity index (χ2n) is 7.51. The van der Waals surface area contributed by atoms with Crippen molar-refractivity contribution in [1.29, 1.82) is 0 Å². The van der Waals surface area contributed by atoms with Gasteiger partial charge in [-0.25, -0.2) is 0 Å². The Balaban J connectivity index is 0. The van der Waals surface area contributed by atoms with Gasteiger partial charge in [0.1, 0.15) is 0 Å². The molecule has 0 heterocycles. The fourth-order valence-corrected chi connectivity index (χ4v) is 3.65. The third-order valence-corrected chi connectivity index (χ3v) is 5.69. The predicted molar refractivity (Wildman–Crippen MR) is 143 cm³/mol. The van der Waals surface area contributed by atoms with Gasteiger partial charge in [-0.05, 0) is 63.8 Å². The van der Waals surface area contributed by atoms with Crippen LogP contribution in [0.25, 0.3) is 0 Å². The van der Waals surface area contributed by atoms with Crippen molar-refractivity contribution in [2.75, 3.05) is 0 Å². The molecule has 0 aliphatic heterocycles. The molecule has 0 saturated carbocycles. The smallest absolute Gasteiger partial charge is 0.0374 e. The van der Waals surface area contributed by atoms with E-state index in [1.165, 1.54) is 26.5 Å². The zero-order chi connectivity index (χ0) is 23.9. The van der Waals surface area contributed by atoms with Crippen LogP contribution in [0.1, 0.15) is 81.7 Å². The lowest BCUT2D eigenvalue weighted by Gasteiger charge is -2.34. The molecule has 0 spiro atoms. The van der Waals surface area contributed by atoms with Crippen molar-refractivity contribution in [2.45, 2.75) is 86.5 Å². The lowest BCUT2D eigenvalue weighted by atomic mass is 9.70. The van der Waals surface area contributed by atoms with Gasteiger partial charge in [0.25, 0.3) is 0 Å². The van der Waals surface area contributed by atoms with E-state index in [9.17, 15) is 0 Å². The Bertz CT molecular complexity index is 722. The fourth-order valence-electron chi connectivity index (χ4n) is 2.90. The van der Waals surface area contributed by atoms with Gasteiger partial charge >= 0.3 is 0 Å². The summed E-state index contributed by atoms with van der Waals surface area (Å²) >= 11 is 1.74. The van der Waals surface area contributed by atoms with Crippen molar-refractivity contribution < 1.29 is 0 Å². The maximum absolute atomic E-state index is 4.34. The Hall–Kier alpha value is -1.73. The number of hydrogen-bond donors (Lipinski definition) is 0. The van der Waals surface area contributed by atoms with Crippen molar-refractivity contribution in [2.24, 2.45) is 5.92 Å². The summed E-state index contributed by atoms with van der Waals surface area (Å²) in [5.41, 5.74) is 4.86. The van der Waals surface area contributed by atoms with Gasteiger partial charge in [0.05, 0.1) is 0 Å². The van der Waals surface area contributed by atoms with Crippen LogP contribution in [-0.4, -0.2) is 0 Å². The van der Waals surface area contributed by atoms with Crippen molar-refractivity contribution in [3.05, 3.63) is 88.9 Å². The zero-order valence-electron chi connectivity index (χ0n) is 21.5. The summed E-state index contributed by atoms with van der Waals surface area (Å²) in [7, 11) is 0. The van der Waals surface area contributed by atoms with Gasteiger partial charge < -0.3 is 0 Å². The highest BCUT2D eigenvalue weighted by Crippen LogP contribution is 2.41. The number of thioether (sulfide) groups is 1. The lowest BCUT2D eigenvalue weighted by molar-refractivity contribution is 0.658. The van der Waals surface area contributed by atoms with Gasteiger partial charge in [-0.15, -0.1) is 0 Å². The highest BCUT2D eigenvalue weighted by molar-refractivity contribution is 8.03. The van der Waals surface area contributed by atoms with Gasteiger partial charge in [0.2, 0.25) is 0 Å². The summed E-state index contributed by atoms with van der Waals surface area (Å²) in [4.78, 5) is 2.40. The predicted octanol–water partition coefficient (Wildman–Crippen LogP) is 10.3. The molecule has 0 radical (unpaired) electrons.